The van der Waals surface area contributed by atoms with Gasteiger partial charge in [-0.2, -0.15) is 17.9 Å². The summed E-state index contributed by atoms with van der Waals surface area (Å²) in [5.41, 5.74) is -3.12. The molecule has 13 heteroatoms. The highest BCUT2D eigenvalue weighted by atomic mass is 35.5. The normalized spacial score (nSPS) is 12.9. The van der Waals surface area contributed by atoms with Crippen molar-refractivity contribution in [3.63, 3.8) is 0 Å². The van der Waals surface area contributed by atoms with Gasteiger partial charge in [0.2, 0.25) is 0 Å². The molecule has 1 N–H and O–H groups in total. The van der Waals surface area contributed by atoms with Crippen LogP contribution in [0.2, 0.25) is 5.02 Å². The molecule has 0 radical (unpaired) electrons. The lowest BCUT2D eigenvalue weighted by Gasteiger charge is -2.22. The number of benzene rings is 2. The van der Waals surface area contributed by atoms with Crippen molar-refractivity contribution in [2.75, 3.05) is 0 Å². The van der Waals surface area contributed by atoms with Gasteiger partial charge in [0.05, 0.1) is 27.3 Å². The van der Waals surface area contributed by atoms with Gasteiger partial charge in [-0.05, 0) is 44.2 Å². The van der Waals surface area contributed by atoms with E-state index >= 15 is 0 Å². The third-order valence-electron chi connectivity index (χ3n) is 5.57. The van der Waals surface area contributed by atoms with Crippen molar-refractivity contribution in [3.05, 3.63) is 73.9 Å². The third-order valence-corrected chi connectivity index (χ3v) is 5.89. The minimum absolute atomic E-state index is 0.0467. The third kappa shape index (κ3) is 4.12. The molecule has 1 unspecified atom stereocenters. The summed E-state index contributed by atoms with van der Waals surface area (Å²) in [7, 11) is 0. The molecule has 2 heterocycles. The number of rotatable bonds is 5. The summed E-state index contributed by atoms with van der Waals surface area (Å²) in [6.07, 6.45) is -4.84. The minimum Gasteiger partial charge on any atom is -0.388 e. The zero-order valence-corrected chi connectivity index (χ0v) is 19.1. The number of aromatic nitrogens is 5. The standard InChI is InChI=1S/C22H18ClF4N5O3/c1-3-30-17(10-33)29-32(21(30)35)12-7-8-15-16(9-12)31(11(2)22(25,26)27)20(34)19(28-15)18-13(23)5-4-6-14(18)24/h4-9,11,33H,3,10H2,1-2H3. The lowest BCUT2D eigenvalue weighted by molar-refractivity contribution is -0.162. The van der Waals surface area contributed by atoms with Crippen LogP contribution in [-0.4, -0.2) is 35.2 Å². The maximum atomic E-state index is 14.6. The molecule has 8 nitrogen and oxygen atoms in total. The smallest absolute Gasteiger partial charge is 0.388 e. The molecule has 0 aliphatic rings. The summed E-state index contributed by atoms with van der Waals surface area (Å²) in [6, 6.07) is 5.09. The first-order valence-electron chi connectivity index (χ1n) is 10.4. The van der Waals surface area contributed by atoms with E-state index in [2.05, 4.69) is 10.1 Å². The van der Waals surface area contributed by atoms with Crippen molar-refractivity contribution < 1.29 is 22.7 Å². The van der Waals surface area contributed by atoms with Crippen molar-refractivity contribution in [1.29, 1.82) is 0 Å². The molecule has 0 fully saturated rings. The van der Waals surface area contributed by atoms with Gasteiger partial charge in [0.1, 0.15) is 24.2 Å². The zero-order chi connectivity index (χ0) is 25.7. The van der Waals surface area contributed by atoms with Gasteiger partial charge in [0, 0.05) is 6.54 Å². The number of aliphatic hydroxyl groups excluding tert-OH is 1. The van der Waals surface area contributed by atoms with Crippen LogP contribution in [0, 0.1) is 5.82 Å². The van der Waals surface area contributed by atoms with Crippen LogP contribution in [0.25, 0.3) is 28.0 Å². The number of nitrogens with zero attached hydrogens (tertiary/aromatic N) is 5. The number of aliphatic hydroxyl groups is 1. The van der Waals surface area contributed by atoms with E-state index in [4.69, 9.17) is 11.6 Å². The molecule has 4 rings (SSSR count). The lowest BCUT2D eigenvalue weighted by atomic mass is 10.1. The summed E-state index contributed by atoms with van der Waals surface area (Å²) in [6.45, 7) is 2.11. The van der Waals surface area contributed by atoms with Crippen molar-refractivity contribution >= 4 is 22.6 Å². The highest BCUT2D eigenvalue weighted by Gasteiger charge is 2.39. The molecule has 0 bridgehead atoms. The Balaban J connectivity index is 2.08. The zero-order valence-electron chi connectivity index (χ0n) is 18.3. The molecular formula is C22H18ClF4N5O3. The molecule has 1 atom stereocenters. The van der Waals surface area contributed by atoms with E-state index in [9.17, 15) is 32.3 Å². The van der Waals surface area contributed by atoms with E-state index in [0.717, 1.165) is 23.7 Å². The topological polar surface area (TPSA) is 94.9 Å². The summed E-state index contributed by atoms with van der Waals surface area (Å²) < 4.78 is 58.5. The predicted molar refractivity (Wildman–Crippen MR) is 120 cm³/mol. The molecule has 0 aliphatic carbocycles. The second-order valence-electron chi connectivity index (χ2n) is 7.64. The summed E-state index contributed by atoms with van der Waals surface area (Å²) >= 11 is 6.06. The maximum absolute atomic E-state index is 14.6. The molecule has 0 spiro atoms. The first-order valence-corrected chi connectivity index (χ1v) is 10.7. The molecule has 0 saturated carbocycles. The molecule has 35 heavy (non-hydrogen) atoms. The average Bonchev–Trinajstić information content (AvgIpc) is 3.13. The van der Waals surface area contributed by atoms with Crippen LogP contribution in [0.3, 0.4) is 0 Å². The van der Waals surface area contributed by atoms with Crippen LogP contribution in [0.1, 0.15) is 25.7 Å². The highest BCUT2D eigenvalue weighted by Crippen LogP contribution is 2.34. The molecular weight excluding hydrogens is 494 g/mol. The van der Waals surface area contributed by atoms with Gasteiger partial charge in [0.15, 0.2) is 5.82 Å². The fourth-order valence-electron chi connectivity index (χ4n) is 3.78. The first-order chi connectivity index (χ1) is 16.5. The molecule has 0 amide bonds. The molecule has 2 aromatic heterocycles. The van der Waals surface area contributed by atoms with Gasteiger partial charge >= 0.3 is 11.9 Å². The van der Waals surface area contributed by atoms with Gasteiger partial charge in [-0.1, -0.05) is 17.7 Å². The second-order valence-corrected chi connectivity index (χ2v) is 8.04. The number of halogens is 5. The van der Waals surface area contributed by atoms with Crippen molar-refractivity contribution in [2.45, 2.75) is 39.2 Å². The Kier molecular flexibility index (Phi) is 6.28. The van der Waals surface area contributed by atoms with E-state index in [1.165, 1.54) is 28.8 Å². The quantitative estimate of drug-likeness (QED) is 0.411. The number of hydrogen-bond acceptors (Lipinski definition) is 5. The summed E-state index contributed by atoms with van der Waals surface area (Å²) in [5.74, 6) is -0.862. The fraction of sp³-hybridized carbons (Fsp3) is 0.273. The molecule has 2 aromatic carbocycles. The Hall–Kier alpha value is -3.51. The van der Waals surface area contributed by atoms with Crippen LogP contribution >= 0.6 is 11.6 Å². The molecule has 4 aromatic rings. The van der Waals surface area contributed by atoms with E-state index < -0.39 is 47.1 Å². The SMILES string of the molecule is CCn1c(CO)nn(-c2ccc3nc(-c4c(F)cccc4Cl)c(=O)n(C(C)C(F)(F)F)c3c2)c1=O. The Morgan fingerprint density at radius 2 is 1.89 bits per heavy atom. The Morgan fingerprint density at radius 1 is 1.17 bits per heavy atom. The van der Waals surface area contributed by atoms with E-state index in [1.54, 1.807) is 6.92 Å². The van der Waals surface area contributed by atoms with Gasteiger partial charge in [0.25, 0.3) is 5.56 Å². The average molecular weight is 512 g/mol. The summed E-state index contributed by atoms with van der Waals surface area (Å²) in [4.78, 5) is 30.1. The van der Waals surface area contributed by atoms with Gasteiger partial charge in [-0.25, -0.2) is 14.2 Å². The van der Waals surface area contributed by atoms with Gasteiger partial charge in [-0.3, -0.25) is 13.9 Å². The molecule has 0 aliphatic heterocycles. The predicted octanol–water partition coefficient (Wildman–Crippen LogP) is 3.84. The van der Waals surface area contributed by atoms with E-state index in [0.29, 0.717) is 4.57 Å². The van der Waals surface area contributed by atoms with Crippen LogP contribution < -0.4 is 11.2 Å². The second kappa shape index (κ2) is 8.93. The van der Waals surface area contributed by atoms with E-state index in [-0.39, 0.29) is 34.1 Å². The number of hydrogen-bond donors (Lipinski definition) is 1. The van der Waals surface area contributed by atoms with Crippen LogP contribution in [0.4, 0.5) is 17.6 Å². The number of fused-ring (bicyclic) bond motifs is 1. The van der Waals surface area contributed by atoms with Crippen LogP contribution in [-0.2, 0) is 13.2 Å². The van der Waals surface area contributed by atoms with Gasteiger partial charge < -0.3 is 5.11 Å². The lowest BCUT2D eigenvalue weighted by Crippen LogP contribution is -2.34. The molecule has 0 saturated heterocycles. The maximum Gasteiger partial charge on any atom is 0.408 e. The van der Waals surface area contributed by atoms with Gasteiger partial charge in [-0.15, -0.1) is 5.10 Å². The Morgan fingerprint density at radius 3 is 2.46 bits per heavy atom. The van der Waals surface area contributed by atoms with Crippen molar-refractivity contribution in [2.24, 2.45) is 0 Å². The fourth-order valence-corrected chi connectivity index (χ4v) is 4.03. The summed E-state index contributed by atoms with van der Waals surface area (Å²) in [5, 5.41) is 13.3. The van der Waals surface area contributed by atoms with Crippen molar-refractivity contribution in [1.82, 2.24) is 23.9 Å². The highest BCUT2D eigenvalue weighted by molar-refractivity contribution is 6.33. The van der Waals surface area contributed by atoms with Crippen LogP contribution in [0.15, 0.2) is 46.0 Å². The Bertz CT molecular complexity index is 1540. The Labute approximate surface area is 199 Å². The van der Waals surface area contributed by atoms with Crippen molar-refractivity contribution in [3.8, 4) is 16.9 Å². The number of alkyl halides is 3. The monoisotopic (exact) mass is 511 g/mol. The minimum atomic E-state index is -4.84. The van der Waals surface area contributed by atoms with E-state index in [1.807, 2.05) is 0 Å². The largest absolute Gasteiger partial charge is 0.408 e. The molecule has 184 valence electrons. The van der Waals surface area contributed by atoms with Crippen LogP contribution in [0.5, 0.6) is 0 Å². The first kappa shape index (κ1) is 24.6.